The van der Waals surface area contributed by atoms with E-state index < -0.39 is 73.4 Å². The predicted octanol–water partition coefficient (Wildman–Crippen LogP) is 6.09. The molecule has 4 bridgehead atoms. The molecule has 5 spiro atoms. The molecule has 1 saturated carbocycles. The molecule has 9 saturated heterocycles. The number of aromatic nitrogens is 1. The summed E-state index contributed by atoms with van der Waals surface area (Å²) in [6.07, 6.45) is 11.5. The number of carbonyl (C=O) groups is 4. The number of benzene rings is 2. The molecule has 10 fully saturated rings. The second-order valence-corrected chi connectivity index (χ2v) is 24.5. The van der Waals surface area contributed by atoms with Gasteiger partial charge in [0.15, 0.2) is 5.71 Å². The Morgan fingerprint density at radius 1 is 0.742 bits per heavy atom. The van der Waals surface area contributed by atoms with E-state index in [2.05, 4.69) is 62.8 Å². The molecule has 17 rings (SSSR count). The first kappa shape index (κ1) is 38.5. The summed E-state index contributed by atoms with van der Waals surface area (Å²) in [5, 5.41) is 21.0. The third kappa shape index (κ3) is 3.42. The van der Waals surface area contributed by atoms with Crippen molar-refractivity contribution in [3.05, 3.63) is 69.6 Å². The maximum Gasteiger partial charge on any atom is 0.251 e. The molecule has 2 aliphatic carbocycles. The molecule has 66 heavy (non-hydrogen) atoms. The fourth-order valence-corrected chi connectivity index (χ4v) is 18.4. The molecule has 340 valence electrons. The lowest BCUT2D eigenvalue weighted by atomic mass is 9.39. The van der Waals surface area contributed by atoms with Crippen molar-refractivity contribution in [2.75, 3.05) is 13.1 Å². The highest BCUT2D eigenvalue weighted by Gasteiger charge is 2.95. The topological polar surface area (TPSA) is 139 Å². The molecule has 4 amide bonds. The Labute approximate surface area is 383 Å². The van der Waals surface area contributed by atoms with E-state index in [4.69, 9.17) is 9.47 Å². The summed E-state index contributed by atoms with van der Waals surface area (Å²) >= 11 is 0. The van der Waals surface area contributed by atoms with Crippen LogP contribution in [0.25, 0.3) is 23.1 Å². The van der Waals surface area contributed by atoms with Crippen LogP contribution in [0, 0.1) is 22.5 Å². The van der Waals surface area contributed by atoms with Crippen molar-refractivity contribution in [2.45, 2.75) is 150 Å². The van der Waals surface area contributed by atoms with E-state index in [1.165, 1.54) is 0 Å². The zero-order valence-electron chi connectivity index (χ0n) is 39.2. The molecule has 8 unspecified atom stereocenters. The summed E-state index contributed by atoms with van der Waals surface area (Å²) in [7, 11) is 2.12. The second-order valence-electron chi connectivity index (χ2n) is 24.5. The van der Waals surface area contributed by atoms with Crippen LogP contribution in [0.2, 0.25) is 0 Å². The maximum absolute atomic E-state index is 16.8. The van der Waals surface area contributed by atoms with E-state index in [9.17, 15) is 0 Å². The zero-order valence-corrected chi connectivity index (χ0v) is 39.2. The minimum Gasteiger partial charge on any atom is -0.618 e. The Morgan fingerprint density at radius 2 is 1.36 bits per heavy atom. The van der Waals surface area contributed by atoms with Crippen LogP contribution in [-0.2, 0) is 37.1 Å². The largest absolute Gasteiger partial charge is 0.618 e. The quantitative estimate of drug-likeness (QED) is 0.213. The van der Waals surface area contributed by atoms with Gasteiger partial charge in [0.25, 0.3) is 5.91 Å². The summed E-state index contributed by atoms with van der Waals surface area (Å²) in [4.78, 5) is 70.8. The van der Waals surface area contributed by atoms with Crippen molar-refractivity contribution in [1.29, 1.82) is 0 Å². The standard InChI is InChI=1S/C53H56N6O7/c1-45(2)20-16-26-30(65-45)14-12-28-34-37-51-29-13-15-31-27(17-21-46(3,4)66-31)36(29)59(64)39(51)48(7,8)32-24-49-18-10-22-56(49)43(62)52(32,54-41(49)60)40(51)58-42(61)50-19-11-23-57(50)44(63)53(37,58)33(25-50)47(5,6)38(34)55(9)35(26)28/h12-17,20-21,32-33,37,40H,10-11,18-19,22-25H2,1-9H3,(H,54,60)/t32-,33?,37?,40?,49?,50?,51?,52?,53?/m0/s1. The van der Waals surface area contributed by atoms with Crippen LogP contribution >= 0.6 is 0 Å². The van der Waals surface area contributed by atoms with Crippen LogP contribution in [-0.4, -0.2) is 106 Å². The van der Waals surface area contributed by atoms with Gasteiger partial charge in [0, 0.05) is 65.5 Å². The minimum absolute atomic E-state index is 0.0943. The van der Waals surface area contributed by atoms with Crippen molar-refractivity contribution in [3.8, 4) is 11.5 Å². The monoisotopic (exact) mass is 888 g/mol. The first-order chi connectivity index (χ1) is 31.1. The van der Waals surface area contributed by atoms with Gasteiger partial charge in [-0.05, 0) is 134 Å². The molecule has 12 aliphatic heterocycles. The fraction of sp³-hybridized carbons (Fsp3) is 0.566. The SMILES string of the molecule is Cn1c2c(c3ccc4c(c31)C=CC(C)(C)O4)C1C34C(=[N+]([O-])c5c3ccc3c5C=CC(C)(C)O3)C(C)(C)[C@@H]3CC56CCCN5C(=O)C3(NC6=O)C4N3C(=O)C45CCCN4C(=O)C13C(C5)C2(C)C. The van der Waals surface area contributed by atoms with Crippen LogP contribution in [0.3, 0.4) is 0 Å². The van der Waals surface area contributed by atoms with Gasteiger partial charge in [-0.3, -0.25) is 19.2 Å². The van der Waals surface area contributed by atoms with Gasteiger partial charge in [-0.25, -0.2) is 0 Å². The number of nitrogens with one attached hydrogen (secondary N) is 1. The van der Waals surface area contributed by atoms with Gasteiger partial charge < -0.3 is 39.3 Å². The Balaban J connectivity index is 1.16. The van der Waals surface area contributed by atoms with E-state index in [0.717, 1.165) is 38.2 Å². The average molecular weight is 889 g/mol. The number of hydrogen-bond donors (Lipinski definition) is 1. The average Bonchev–Trinajstić information content (AvgIpc) is 4.05. The van der Waals surface area contributed by atoms with Gasteiger partial charge in [0.2, 0.25) is 23.4 Å². The number of fused-ring (bicyclic) bond motifs is 10. The molecular formula is C53H56N6O7. The number of ether oxygens (including phenoxy) is 2. The van der Waals surface area contributed by atoms with Gasteiger partial charge >= 0.3 is 0 Å². The van der Waals surface area contributed by atoms with Crippen molar-refractivity contribution in [2.24, 2.45) is 24.3 Å². The molecule has 13 heteroatoms. The first-order valence-electron chi connectivity index (χ1n) is 24.4. The van der Waals surface area contributed by atoms with Gasteiger partial charge in [0.05, 0.1) is 22.5 Å². The van der Waals surface area contributed by atoms with Crippen LogP contribution in [0.1, 0.15) is 128 Å². The molecule has 3 aromatic rings. The molecule has 13 nitrogen and oxygen atoms in total. The van der Waals surface area contributed by atoms with Crippen LogP contribution in [0.5, 0.6) is 11.5 Å². The number of amides is 4. The lowest BCUT2D eigenvalue weighted by Crippen LogP contribution is -2.93. The highest BCUT2D eigenvalue weighted by Crippen LogP contribution is 2.81. The third-order valence-corrected chi connectivity index (χ3v) is 20.2. The Hall–Kier alpha value is -5.59. The van der Waals surface area contributed by atoms with Crippen molar-refractivity contribution < 1.29 is 33.4 Å². The van der Waals surface area contributed by atoms with E-state index in [1.807, 2.05) is 72.7 Å². The maximum atomic E-state index is 16.8. The summed E-state index contributed by atoms with van der Waals surface area (Å²) in [6.45, 7) is 17.7. The normalized spacial score (nSPS) is 40.5. The second kappa shape index (κ2) is 10.4. The van der Waals surface area contributed by atoms with Crippen molar-refractivity contribution in [3.63, 3.8) is 0 Å². The molecular weight excluding hydrogens is 833 g/mol. The van der Waals surface area contributed by atoms with Crippen LogP contribution < -0.4 is 14.8 Å². The number of carbonyl (C=O) groups excluding carboxylic acids is 4. The van der Waals surface area contributed by atoms with Crippen LogP contribution in [0.4, 0.5) is 5.69 Å². The predicted molar refractivity (Wildman–Crippen MR) is 244 cm³/mol. The smallest absolute Gasteiger partial charge is 0.251 e. The van der Waals surface area contributed by atoms with E-state index in [-0.39, 0.29) is 23.6 Å². The highest BCUT2D eigenvalue weighted by molar-refractivity contribution is 6.18. The number of hydrogen-bond acceptors (Lipinski definition) is 7. The minimum atomic E-state index is -1.66. The Bertz CT molecular complexity index is 3140. The van der Waals surface area contributed by atoms with Crippen LogP contribution in [0.15, 0.2) is 36.4 Å². The lowest BCUT2D eigenvalue weighted by Gasteiger charge is -2.70. The number of piperidine rings is 4. The Morgan fingerprint density at radius 3 is 2.08 bits per heavy atom. The van der Waals surface area contributed by atoms with Gasteiger partial charge in [-0.15, -0.1) is 0 Å². The summed E-state index contributed by atoms with van der Waals surface area (Å²) in [5.74, 6) is -1.12. The van der Waals surface area contributed by atoms with Gasteiger partial charge in [0.1, 0.15) is 50.3 Å². The number of piperazine rings is 2. The van der Waals surface area contributed by atoms with Gasteiger partial charge in [-0.2, -0.15) is 4.74 Å². The molecule has 13 heterocycles. The van der Waals surface area contributed by atoms with E-state index >= 15 is 24.4 Å². The zero-order chi connectivity index (χ0) is 45.8. The van der Waals surface area contributed by atoms with E-state index in [1.54, 1.807) is 0 Å². The molecule has 0 radical (unpaired) electrons. The summed E-state index contributed by atoms with van der Waals surface area (Å²) in [5.41, 5.74) is -3.59. The summed E-state index contributed by atoms with van der Waals surface area (Å²) < 4.78 is 16.7. The van der Waals surface area contributed by atoms with Crippen molar-refractivity contribution in [1.82, 2.24) is 24.6 Å². The fourth-order valence-electron chi connectivity index (χ4n) is 18.4. The number of rotatable bonds is 0. The van der Waals surface area contributed by atoms with Gasteiger partial charge in [-0.1, -0.05) is 13.8 Å². The summed E-state index contributed by atoms with van der Waals surface area (Å²) in [6, 6.07) is 7.01. The third-order valence-electron chi connectivity index (χ3n) is 20.2. The molecule has 14 aliphatic rings. The molecule has 1 N–H and O–H groups in total. The van der Waals surface area contributed by atoms with Crippen molar-refractivity contribution >= 4 is 58.1 Å². The lowest BCUT2D eigenvalue weighted by molar-refractivity contribution is -0.367. The first-order valence-corrected chi connectivity index (χ1v) is 24.4. The number of aryl methyl sites for hydroxylation is 1. The number of nitrogens with zero attached hydrogens (tertiary/aromatic N) is 5. The molecule has 1 aromatic heterocycles. The highest BCUT2D eigenvalue weighted by atomic mass is 16.5. The molecule has 2 aromatic carbocycles. The van der Waals surface area contributed by atoms with E-state index in [0.29, 0.717) is 79.9 Å². The molecule has 9 atom stereocenters. The Kier molecular flexibility index (Phi) is 6.09.